The summed E-state index contributed by atoms with van der Waals surface area (Å²) in [6.07, 6.45) is -5.66. The molecule has 0 unspecified atom stereocenters. The first-order chi connectivity index (χ1) is 9.78. The molecule has 112 valence electrons. The van der Waals surface area contributed by atoms with Crippen LogP contribution in [0.4, 0.5) is 13.2 Å². The largest absolute Gasteiger partial charge is 0.389 e. The van der Waals surface area contributed by atoms with Gasteiger partial charge in [-0.3, -0.25) is 0 Å². The van der Waals surface area contributed by atoms with Gasteiger partial charge in [-0.05, 0) is 6.07 Å². The summed E-state index contributed by atoms with van der Waals surface area (Å²) in [6.45, 7) is 0. The first-order valence-corrected chi connectivity index (χ1v) is 7.36. The van der Waals surface area contributed by atoms with Crippen LogP contribution in [0.15, 0.2) is 28.7 Å². The third-order valence-electron chi connectivity index (χ3n) is 2.64. The van der Waals surface area contributed by atoms with Crippen molar-refractivity contribution >= 4 is 39.1 Å². The van der Waals surface area contributed by atoms with Crippen molar-refractivity contribution in [2.45, 2.75) is 19.0 Å². The average molecular weight is 400 g/mol. The standard InChI is InChI=1S/C13H8BrCl2F3N2/c14-8-4-2-1-3-7(8)10-11(15)20-9(21-12(10)16)5-6-13(17,18)19/h1-4H,5-6H2. The highest BCUT2D eigenvalue weighted by Crippen LogP contribution is 2.37. The van der Waals surface area contributed by atoms with Crippen LogP contribution in [0.3, 0.4) is 0 Å². The van der Waals surface area contributed by atoms with Crippen LogP contribution >= 0.6 is 39.1 Å². The molecular formula is C13H8BrCl2F3N2. The molecule has 0 radical (unpaired) electrons. The van der Waals surface area contributed by atoms with Crippen molar-refractivity contribution in [3.05, 3.63) is 44.9 Å². The number of benzene rings is 1. The van der Waals surface area contributed by atoms with Crippen LogP contribution in [-0.4, -0.2) is 16.1 Å². The molecule has 2 aromatic rings. The van der Waals surface area contributed by atoms with E-state index in [0.29, 0.717) is 11.1 Å². The van der Waals surface area contributed by atoms with Gasteiger partial charge in [0, 0.05) is 16.5 Å². The van der Waals surface area contributed by atoms with E-state index in [-0.39, 0.29) is 22.6 Å². The van der Waals surface area contributed by atoms with Gasteiger partial charge >= 0.3 is 6.18 Å². The lowest BCUT2D eigenvalue weighted by molar-refractivity contribution is -0.134. The van der Waals surface area contributed by atoms with E-state index in [1.165, 1.54) is 0 Å². The second-order valence-corrected chi connectivity index (χ2v) is 5.76. The normalized spacial score (nSPS) is 11.7. The molecule has 0 spiro atoms. The molecule has 0 amide bonds. The molecule has 0 fully saturated rings. The van der Waals surface area contributed by atoms with Crippen molar-refractivity contribution in [2.75, 3.05) is 0 Å². The highest BCUT2D eigenvalue weighted by Gasteiger charge is 2.27. The summed E-state index contributed by atoms with van der Waals surface area (Å²) in [5, 5.41) is 0.0538. The predicted molar refractivity (Wildman–Crippen MR) is 79.6 cm³/mol. The molecule has 0 aliphatic heterocycles. The smallest absolute Gasteiger partial charge is 0.220 e. The number of halogens is 6. The number of aromatic nitrogens is 2. The van der Waals surface area contributed by atoms with Gasteiger partial charge in [0.25, 0.3) is 0 Å². The van der Waals surface area contributed by atoms with Gasteiger partial charge in [0.15, 0.2) is 0 Å². The minimum atomic E-state index is -4.27. The quantitative estimate of drug-likeness (QED) is 0.618. The summed E-state index contributed by atoms with van der Waals surface area (Å²) < 4.78 is 37.4. The van der Waals surface area contributed by atoms with Crippen LogP contribution in [-0.2, 0) is 6.42 Å². The zero-order valence-corrected chi connectivity index (χ0v) is 13.5. The van der Waals surface area contributed by atoms with Crippen LogP contribution in [0.1, 0.15) is 12.2 Å². The van der Waals surface area contributed by atoms with Crippen molar-refractivity contribution in [1.82, 2.24) is 9.97 Å². The van der Waals surface area contributed by atoms with E-state index in [1.807, 2.05) is 6.07 Å². The molecule has 1 aromatic heterocycles. The fourth-order valence-corrected chi connectivity index (χ4v) is 2.81. The predicted octanol–water partition coefficient (Wildman–Crippen LogP) is 5.71. The van der Waals surface area contributed by atoms with E-state index in [9.17, 15) is 13.2 Å². The Labute approximate surface area is 137 Å². The van der Waals surface area contributed by atoms with Crippen LogP contribution < -0.4 is 0 Å². The summed E-state index contributed by atoms with van der Waals surface area (Å²) in [6, 6.07) is 7.15. The number of rotatable bonds is 3. The van der Waals surface area contributed by atoms with Gasteiger partial charge in [-0.2, -0.15) is 13.2 Å². The third kappa shape index (κ3) is 4.31. The molecule has 21 heavy (non-hydrogen) atoms. The second-order valence-electron chi connectivity index (χ2n) is 4.19. The van der Waals surface area contributed by atoms with E-state index >= 15 is 0 Å². The lowest BCUT2D eigenvalue weighted by atomic mass is 10.1. The maximum Gasteiger partial charge on any atom is 0.389 e. The zero-order chi connectivity index (χ0) is 15.6. The number of alkyl halides is 3. The Morgan fingerprint density at radius 2 is 1.62 bits per heavy atom. The number of hydrogen-bond acceptors (Lipinski definition) is 2. The van der Waals surface area contributed by atoms with Gasteiger partial charge in [-0.1, -0.05) is 57.3 Å². The van der Waals surface area contributed by atoms with E-state index in [4.69, 9.17) is 23.2 Å². The molecule has 2 rings (SSSR count). The molecule has 1 aromatic carbocycles. The molecule has 0 saturated heterocycles. The molecule has 0 bridgehead atoms. The molecular weight excluding hydrogens is 392 g/mol. The number of aryl methyl sites for hydroxylation is 1. The Morgan fingerprint density at radius 3 is 2.14 bits per heavy atom. The Hall–Kier alpha value is -0.850. The Bertz CT molecular complexity index is 639. The second kappa shape index (κ2) is 6.50. The van der Waals surface area contributed by atoms with E-state index in [2.05, 4.69) is 25.9 Å². The lowest BCUT2D eigenvalue weighted by Crippen LogP contribution is -2.10. The summed E-state index contributed by atoms with van der Waals surface area (Å²) >= 11 is 15.5. The zero-order valence-electron chi connectivity index (χ0n) is 10.4. The fourth-order valence-electron chi connectivity index (χ4n) is 1.70. The maximum absolute atomic E-state index is 12.2. The molecule has 0 atom stereocenters. The highest BCUT2D eigenvalue weighted by atomic mass is 79.9. The molecule has 2 nitrogen and oxygen atoms in total. The SMILES string of the molecule is FC(F)(F)CCc1nc(Cl)c(-c2ccccc2Br)c(Cl)n1. The van der Waals surface area contributed by atoms with Crippen LogP contribution in [0.2, 0.25) is 10.3 Å². The van der Waals surface area contributed by atoms with E-state index < -0.39 is 12.6 Å². The summed E-state index contributed by atoms with van der Waals surface area (Å²) in [5.41, 5.74) is 1.07. The van der Waals surface area contributed by atoms with Gasteiger partial charge < -0.3 is 0 Å². The highest BCUT2D eigenvalue weighted by molar-refractivity contribution is 9.10. The van der Waals surface area contributed by atoms with Crippen molar-refractivity contribution in [3.63, 3.8) is 0 Å². The van der Waals surface area contributed by atoms with Crippen LogP contribution in [0.5, 0.6) is 0 Å². The average Bonchev–Trinajstić information content (AvgIpc) is 2.37. The molecule has 0 aliphatic carbocycles. The fraction of sp³-hybridized carbons (Fsp3) is 0.231. The molecule has 1 heterocycles. The summed E-state index contributed by atoms with van der Waals surface area (Å²) in [7, 11) is 0. The lowest BCUT2D eigenvalue weighted by Gasteiger charge is -2.10. The first-order valence-electron chi connectivity index (χ1n) is 5.81. The van der Waals surface area contributed by atoms with Gasteiger partial charge in [-0.15, -0.1) is 0 Å². The minimum absolute atomic E-state index is 0.0269. The first kappa shape index (κ1) is 16.5. The third-order valence-corrected chi connectivity index (χ3v) is 3.88. The Kier molecular flexibility index (Phi) is 5.11. The maximum atomic E-state index is 12.2. The van der Waals surface area contributed by atoms with Crippen molar-refractivity contribution in [3.8, 4) is 11.1 Å². The summed E-state index contributed by atoms with van der Waals surface area (Å²) in [4.78, 5) is 7.81. The van der Waals surface area contributed by atoms with Gasteiger partial charge in [-0.25, -0.2) is 9.97 Å². The van der Waals surface area contributed by atoms with E-state index in [0.717, 1.165) is 4.47 Å². The summed E-state index contributed by atoms with van der Waals surface area (Å²) in [5.74, 6) is -0.0295. The topological polar surface area (TPSA) is 25.8 Å². The van der Waals surface area contributed by atoms with Gasteiger partial charge in [0.05, 0.1) is 12.0 Å². The molecule has 0 N–H and O–H groups in total. The van der Waals surface area contributed by atoms with Crippen LogP contribution in [0, 0.1) is 0 Å². The van der Waals surface area contributed by atoms with Gasteiger partial charge in [0.1, 0.15) is 16.1 Å². The molecule has 0 aliphatic rings. The monoisotopic (exact) mass is 398 g/mol. The Morgan fingerprint density at radius 1 is 1.05 bits per heavy atom. The Balaban J connectivity index is 2.37. The van der Waals surface area contributed by atoms with Gasteiger partial charge in [0.2, 0.25) is 0 Å². The molecule has 8 heteroatoms. The van der Waals surface area contributed by atoms with Crippen molar-refractivity contribution in [2.24, 2.45) is 0 Å². The van der Waals surface area contributed by atoms with E-state index in [1.54, 1.807) is 18.2 Å². The number of nitrogens with zero attached hydrogens (tertiary/aromatic N) is 2. The van der Waals surface area contributed by atoms with Crippen molar-refractivity contribution in [1.29, 1.82) is 0 Å². The van der Waals surface area contributed by atoms with Crippen molar-refractivity contribution < 1.29 is 13.2 Å². The minimum Gasteiger partial charge on any atom is -0.220 e. The molecule has 0 saturated carbocycles. The number of hydrogen-bond donors (Lipinski definition) is 0. The van der Waals surface area contributed by atoms with Crippen LogP contribution in [0.25, 0.3) is 11.1 Å².